The van der Waals surface area contributed by atoms with Crippen LogP contribution in [-0.2, 0) is 5.67 Å². The first kappa shape index (κ1) is 28.1. The molecule has 1 aliphatic heterocycles. The van der Waals surface area contributed by atoms with Gasteiger partial charge in [-0.3, -0.25) is 0 Å². The molecule has 1 aromatic carbocycles. The highest BCUT2D eigenvalue weighted by molar-refractivity contribution is 6.01. The summed E-state index contributed by atoms with van der Waals surface area (Å²) >= 11 is 0. The number of aliphatic imine (C=N–C) groups is 1. The number of amidine groups is 1. The lowest BCUT2D eigenvalue weighted by molar-refractivity contribution is 0.153. The number of aromatic nitrogens is 2. The molecule has 10 heteroatoms. The van der Waals surface area contributed by atoms with Crippen molar-refractivity contribution in [3.8, 4) is 0 Å². The van der Waals surface area contributed by atoms with Crippen molar-refractivity contribution in [2.75, 3.05) is 22.1 Å². The zero-order valence-corrected chi connectivity index (χ0v) is 23.7. The first-order valence-corrected chi connectivity index (χ1v) is 14.7. The number of nitrogens with zero attached hydrogens (tertiary/aromatic N) is 4. The summed E-state index contributed by atoms with van der Waals surface area (Å²) in [5, 5.41) is 16.1. The number of anilines is 3. The molecule has 2 saturated carbocycles. The van der Waals surface area contributed by atoms with E-state index in [4.69, 9.17) is 10.7 Å². The maximum Gasteiger partial charge on any atom is 0.433 e. The van der Waals surface area contributed by atoms with Crippen LogP contribution in [0.2, 0.25) is 0 Å². The van der Waals surface area contributed by atoms with E-state index < -0.39 is 17.9 Å². The van der Waals surface area contributed by atoms with Gasteiger partial charge in [0.2, 0.25) is 0 Å². The average molecular weight is 552 g/mol. The van der Waals surface area contributed by atoms with Crippen LogP contribution >= 0.6 is 0 Å². The van der Waals surface area contributed by atoms with Gasteiger partial charge in [-0.05, 0) is 62.8 Å². The van der Waals surface area contributed by atoms with Crippen molar-refractivity contribution in [1.29, 1.82) is 0 Å². The van der Waals surface area contributed by atoms with Crippen molar-refractivity contribution in [2.45, 2.75) is 90.0 Å². The van der Waals surface area contributed by atoms with Crippen molar-refractivity contribution in [3.05, 3.63) is 41.7 Å². The minimum Gasteiger partial charge on any atom is -0.463 e. The number of hydrogen-bond acceptors (Lipinski definition) is 6. The number of nitrogens with one attached hydrogen (secondary N) is 2. The smallest absolute Gasteiger partial charge is 0.433 e. The molecule has 2 aliphatic carbocycles. The summed E-state index contributed by atoms with van der Waals surface area (Å²) in [4.78, 5) is 26.1. The van der Waals surface area contributed by atoms with Crippen LogP contribution in [0.5, 0.6) is 0 Å². The Kier molecular flexibility index (Phi) is 8.14. The lowest BCUT2D eigenvalue weighted by Crippen LogP contribution is -2.50. The third kappa shape index (κ3) is 5.71. The molecule has 1 amide bonds. The van der Waals surface area contributed by atoms with E-state index in [1.54, 1.807) is 6.92 Å². The van der Waals surface area contributed by atoms with Gasteiger partial charge in [-0.1, -0.05) is 62.9 Å². The number of alkyl halides is 1. The van der Waals surface area contributed by atoms with Crippen LogP contribution in [0, 0.1) is 17.8 Å². The molecule has 5 rings (SSSR count). The van der Waals surface area contributed by atoms with Crippen LogP contribution in [0.25, 0.3) is 0 Å². The number of halogens is 1. The van der Waals surface area contributed by atoms with Crippen molar-refractivity contribution in [2.24, 2.45) is 28.5 Å². The zero-order valence-electron chi connectivity index (χ0n) is 23.7. The molecule has 3 atom stereocenters. The highest BCUT2D eigenvalue weighted by Crippen LogP contribution is 2.47. The van der Waals surface area contributed by atoms with E-state index >= 15 is 4.39 Å². The Morgan fingerprint density at radius 2 is 1.88 bits per heavy atom. The molecule has 0 spiro atoms. The van der Waals surface area contributed by atoms with E-state index in [1.807, 2.05) is 30.3 Å². The van der Waals surface area contributed by atoms with Gasteiger partial charge in [-0.15, -0.1) is 0 Å². The summed E-state index contributed by atoms with van der Waals surface area (Å²) in [7, 11) is 0. The van der Waals surface area contributed by atoms with Crippen molar-refractivity contribution >= 4 is 29.3 Å². The minimum atomic E-state index is -1.76. The normalized spacial score (nSPS) is 25.4. The predicted molar refractivity (Wildman–Crippen MR) is 157 cm³/mol. The third-order valence-corrected chi connectivity index (χ3v) is 9.27. The predicted octanol–water partition coefficient (Wildman–Crippen LogP) is 6.12. The molecule has 2 heterocycles. The summed E-state index contributed by atoms with van der Waals surface area (Å²) in [5.41, 5.74) is 5.52. The molecule has 40 heavy (non-hydrogen) atoms. The van der Waals surface area contributed by atoms with Crippen LogP contribution in [-0.4, -0.2) is 45.8 Å². The largest absolute Gasteiger partial charge is 0.463 e. The number of rotatable bonds is 9. The Hall–Kier alpha value is -3.43. The van der Waals surface area contributed by atoms with Crippen molar-refractivity contribution < 1.29 is 14.3 Å². The summed E-state index contributed by atoms with van der Waals surface area (Å²) in [6.07, 6.45) is 7.09. The molecule has 9 nitrogen and oxygen atoms in total. The standard InChI is InChI=1S/C30H42FN7O2/c1-4-19-13-15-20(16-14-19)17-38-23-25(33-18(2)21-9-8-10-21)35-27(24(32)34-29(39)40)36-26(23)37-28(38)30(3,31)22-11-6-5-7-12-22/h5-7,11-12,18-21,28H,4,8-10,13-17H2,1-3H3,(H2,32,34)(H,39,40)(H2,33,35,36,37). The van der Waals surface area contributed by atoms with Gasteiger partial charge in [0.05, 0.1) is 0 Å². The van der Waals surface area contributed by atoms with Crippen LogP contribution in [0.15, 0.2) is 35.3 Å². The molecule has 1 aromatic heterocycles. The van der Waals surface area contributed by atoms with Gasteiger partial charge in [0, 0.05) is 12.6 Å². The molecular formula is C30H42FN7O2. The molecular weight excluding hydrogens is 509 g/mol. The Balaban J connectivity index is 1.57. The molecule has 216 valence electrons. The van der Waals surface area contributed by atoms with E-state index in [2.05, 4.69) is 39.4 Å². The number of carboxylic acid groups (broad SMARTS) is 1. The zero-order chi connectivity index (χ0) is 28.4. The highest BCUT2D eigenvalue weighted by Gasteiger charge is 2.47. The molecule has 2 aromatic rings. The number of hydrogen-bond donors (Lipinski definition) is 4. The molecule has 0 radical (unpaired) electrons. The lowest BCUT2D eigenvalue weighted by Gasteiger charge is -2.39. The number of amides is 1. The fourth-order valence-electron chi connectivity index (χ4n) is 6.45. The van der Waals surface area contributed by atoms with Gasteiger partial charge in [-0.25, -0.2) is 19.2 Å². The fourth-order valence-corrected chi connectivity index (χ4v) is 6.45. The van der Waals surface area contributed by atoms with Crippen LogP contribution in [0.3, 0.4) is 0 Å². The lowest BCUT2D eigenvalue weighted by atomic mass is 9.80. The van der Waals surface area contributed by atoms with Gasteiger partial charge < -0.3 is 26.4 Å². The topological polar surface area (TPSA) is 129 Å². The Morgan fingerprint density at radius 1 is 1.20 bits per heavy atom. The Morgan fingerprint density at radius 3 is 2.48 bits per heavy atom. The monoisotopic (exact) mass is 551 g/mol. The number of carbonyl (C=O) groups is 1. The average Bonchev–Trinajstić information content (AvgIpc) is 3.27. The van der Waals surface area contributed by atoms with Gasteiger partial charge >= 0.3 is 6.09 Å². The third-order valence-electron chi connectivity index (χ3n) is 9.27. The van der Waals surface area contributed by atoms with E-state index in [0.717, 1.165) is 31.6 Å². The highest BCUT2D eigenvalue weighted by atomic mass is 19.1. The minimum absolute atomic E-state index is 0.00119. The molecule has 5 N–H and O–H groups in total. The van der Waals surface area contributed by atoms with Crippen LogP contribution in [0.4, 0.5) is 26.5 Å². The first-order chi connectivity index (χ1) is 19.2. The number of nitrogens with two attached hydrogens (primary N) is 1. The van der Waals surface area contributed by atoms with Gasteiger partial charge in [0.25, 0.3) is 0 Å². The summed E-state index contributed by atoms with van der Waals surface area (Å²) in [6.45, 7) is 6.66. The number of benzene rings is 1. The maximum absolute atomic E-state index is 16.9. The van der Waals surface area contributed by atoms with E-state index in [9.17, 15) is 9.90 Å². The van der Waals surface area contributed by atoms with Crippen molar-refractivity contribution in [3.63, 3.8) is 0 Å². The van der Waals surface area contributed by atoms with E-state index in [0.29, 0.717) is 41.3 Å². The molecule has 0 bridgehead atoms. The molecule has 3 unspecified atom stereocenters. The second kappa shape index (κ2) is 11.6. The van der Waals surface area contributed by atoms with E-state index in [1.165, 1.54) is 25.7 Å². The van der Waals surface area contributed by atoms with Gasteiger partial charge in [0.1, 0.15) is 11.9 Å². The second-order valence-corrected chi connectivity index (χ2v) is 11.9. The van der Waals surface area contributed by atoms with Gasteiger partial charge in [0.15, 0.2) is 29.0 Å². The van der Waals surface area contributed by atoms with Crippen LogP contribution in [0.1, 0.15) is 83.5 Å². The summed E-state index contributed by atoms with van der Waals surface area (Å²) < 4.78 is 16.9. The number of fused-ring (bicyclic) bond motifs is 1. The van der Waals surface area contributed by atoms with E-state index in [-0.39, 0.29) is 17.7 Å². The Bertz CT molecular complexity index is 1230. The SMILES string of the molecule is CCC1CCC(CN2c3c(NC(C)C4CCC4)nc(C(N)=NC(=O)O)nc3NC2C(C)(F)c2ccccc2)CC1. The summed E-state index contributed by atoms with van der Waals surface area (Å²) in [6, 6.07) is 9.32. The van der Waals surface area contributed by atoms with Crippen molar-refractivity contribution in [1.82, 2.24) is 9.97 Å². The summed E-state index contributed by atoms with van der Waals surface area (Å²) in [5.74, 6) is 2.36. The molecule has 2 fully saturated rings. The molecule has 0 saturated heterocycles. The Labute approximate surface area is 235 Å². The van der Waals surface area contributed by atoms with Crippen LogP contribution < -0.4 is 21.3 Å². The second-order valence-electron chi connectivity index (χ2n) is 11.9. The fraction of sp³-hybridized carbons (Fsp3) is 0.600. The first-order valence-electron chi connectivity index (χ1n) is 14.7. The molecule has 3 aliphatic rings. The van der Waals surface area contributed by atoms with Gasteiger partial charge in [-0.2, -0.15) is 4.99 Å². The quantitative estimate of drug-likeness (QED) is 0.217. The maximum atomic E-state index is 16.9.